The number of rotatable bonds is 8. The van der Waals surface area contributed by atoms with Crippen LogP contribution in [0, 0.1) is 0 Å². The SMILES string of the molecule is c1ccc(C2(c3ccccc3)c3ccccc3-c3cc(-c4ccc(N(c5ccc(-c6ccc7sc8ccccc8c7c6)cc5)c5ccc(-c6ccc7sc8ccccc8c7c6)cc5)cc4)ccc32)cc1. The number of hydrogen-bond donors (Lipinski definition) is 0. The molecule has 14 rings (SSSR count). The van der Waals surface area contributed by atoms with Crippen LogP contribution in [0.15, 0.2) is 261 Å². The van der Waals surface area contributed by atoms with Gasteiger partial charge in [-0.3, -0.25) is 0 Å². The van der Waals surface area contributed by atoms with Crippen LogP contribution in [0.4, 0.5) is 17.1 Å². The van der Waals surface area contributed by atoms with Crippen LogP contribution in [0.25, 0.3) is 84.9 Å². The van der Waals surface area contributed by atoms with E-state index in [1.165, 1.54) is 107 Å². The second-order valence-corrected chi connectivity index (χ2v) is 20.5. The van der Waals surface area contributed by atoms with Gasteiger partial charge in [-0.25, -0.2) is 0 Å². The Kier molecular flexibility index (Phi) is 9.55. The molecule has 0 aliphatic heterocycles. The molecule has 1 aliphatic carbocycles. The maximum atomic E-state index is 2.42. The smallest absolute Gasteiger partial charge is 0.0713 e. The Balaban J connectivity index is 0.848. The Bertz CT molecular complexity index is 3890. The third kappa shape index (κ3) is 6.50. The standard InChI is InChI=1S/C67H43NS2/c1-3-13-50(14-4-1)67(51-15-5-2-6-16-51)61-20-10-7-17-55(61)58-41-47(29-38-62(58)67)44-23-32-52(33-24-44)68(53-34-25-45(26-35-53)48-30-39-65-59(42-48)56-18-8-11-21-63(56)69-65)54-36-27-46(28-37-54)49-31-40-66-60(43-49)57-19-9-12-22-64(57)70-66/h1-43H. The van der Waals surface area contributed by atoms with E-state index >= 15 is 0 Å². The van der Waals surface area contributed by atoms with Crippen molar-refractivity contribution in [1.82, 2.24) is 0 Å². The first-order valence-electron chi connectivity index (χ1n) is 24.0. The Morgan fingerprint density at radius 3 is 1.13 bits per heavy atom. The zero-order chi connectivity index (χ0) is 46.2. The Labute approximate surface area is 415 Å². The quantitative estimate of drug-likeness (QED) is 0.147. The van der Waals surface area contributed by atoms with Gasteiger partial charge in [0.1, 0.15) is 0 Å². The maximum Gasteiger partial charge on any atom is 0.0713 e. The van der Waals surface area contributed by atoms with E-state index in [2.05, 4.69) is 266 Å². The molecule has 70 heavy (non-hydrogen) atoms. The highest BCUT2D eigenvalue weighted by molar-refractivity contribution is 7.26. The van der Waals surface area contributed by atoms with Crippen molar-refractivity contribution in [1.29, 1.82) is 0 Å². The van der Waals surface area contributed by atoms with Gasteiger partial charge in [0.25, 0.3) is 0 Å². The van der Waals surface area contributed by atoms with Crippen LogP contribution < -0.4 is 4.90 Å². The molecule has 0 amide bonds. The molecule has 0 saturated carbocycles. The zero-order valence-electron chi connectivity index (χ0n) is 38.1. The van der Waals surface area contributed by atoms with Crippen molar-refractivity contribution in [2.24, 2.45) is 0 Å². The average molecular weight is 926 g/mol. The molecule has 0 fully saturated rings. The lowest BCUT2D eigenvalue weighted by atomic mass is 9.67. The first-order valence-corrected chi connectivity index (χ1v) is 25.6. The number of hydrogen-bond acceptors (Lipinski definition) is 3. The molecular formula is C67H43NS2. The van der Waals surface area contributed by atoms with E-state index in [0.717, 1.165) is 17.1 Å². The van der Waals surface area contributed by atoms with Crippen molar-refractivity contribution in [2.45, 2.75) is 5.41 Å². The van der Waals surface area contributed by atoms with E-state index in [9.17, 15) is 0 Å². The fourth-order valence-electron chi connectivity index (χ4n) is 11.3. The Morgan fingerprint density at radius 1 is 0.257 bits per heavy atom. The number of nitrogens with zero attached hydrogens (tertiary/aromatic N) is 1. The van der Waals surface area contributed by atoms with Gasteiger partial charge in [-0.1, -0.05) is 182 Å². The van der Waals surface area contributed by atoms with Gasteiger partial charge in [0.05, 0.1) is 5.41 Å². The summed E-state index contributed by atoms with van der Waals surface area (Å²) in [6.07, 6.45) is 0. The summed E-state index contributed by atoms with van der Waals surface area (Å²) in [7, 11) is 0. The molecule has 1 aliphatic rings. The molecule has 13 aromatic rings. The lowest BCUT2D eigenvalue weighted by Crippen LogP contribution is -2.28. The number of anilines is 3. The molecule has 0 bridgehead atoms. The Morgan fingerprint density at radius 2 is 0.629 bits per heavy atom. The predicted octanol–water partition coefficient (Wildman–Crippen LogP) is 19.3. The van der Waals surface area contributed by atoms with Gasteiger partial charge < -0.3 is 4.90 Å². The molecule has 2 heterocycles. The van der Waals surface area contributed by atoms with Gasteiger partial charge in [0, 0.05) is 57.4 Å². The molecule has 3 heteroatoms. The fraction of sp³-hybridized carbons (Fsp3) is 0.0149. The van der Waals surface area contributed by atoms with Crippen molar-refractivity contribution in [2.75, 3.05) is 4.90 Å². The number of thiophene rings is 2. The molecule has 1 nitrogen and oxygen atoms in total. The number of fused-ring (bicyclic) bond motifs is 9. The molecule has 0 atom stereocenters. The van der Waals surface area contributed by atoms with Gasteiger partial charge in [-0.2, -0.15) is 0 Å². The van der Waals surface area contributed by atoms with Gasteiger partial charge >= 0.3 is 0 Å². The highest BCUT2D eigenvalue weighted by Gasteiger charge is 2.46. The van der Waals surface area contributed by atoms with Crippen LogP contribution in [0.2, 0.25) is 0 Å². The normalized spacial score (nSPS) is 12.7. The van der Waals surface area contributed by atoms with E-state index < -0.39 is 5.41 Å². The third-order valence-corrected chi connectivity index (χ3v) is 16.9. The van der Waals surface area contributed by atoms with Crippen LogP contribution in [0.3, 0.4) is 0 Å². The monoisotopic (exact) mass is 925 g/mol. The van der Waals surface area contributed by atoms with E-state index in [1.54, 1.807) is 0 Å². The summed E-state index contributed by atoms with van der Waals surface area (Å²) in [6.45, 7) is 0. The van der Waals surface area contributed by atoms with Crippen molar-refractivity contribution >= 4 is 80.1 Å². The molecule has 0 saturated heterocycles. The van der Waals surface area contributed by atoms with Crippen molar-refractivity contribution in [3.05, 3.63) is 283 Å². The zero-order valence-corrected chi connectivity index (χ0v) is 39.7. The lowest BCUT2D eigenvalue weighted by molar-refractivity contribution is 0.768. The van der Waals surface area contributed by atoms with Crippen LogP contribution in [-0.2, 0) is 5.41 Å². The molecule has 2 aromatic heterocycles. The van der Waals surface area contributed by atoms with Gasteiger partial charge in [-0.15, -0.1) is 22.7 Å². The van der Waals surface area contributed by atoms with Crippen LogP contribution in [-0.4, -0.2) is 0 Å². The molecule has 0 spiro atoms. The summed E-state index contributed by atoms with van der Waals surface area (Å²) in [4.78, 5) is 2.38. The third-order valence-electron chi connectivity index (χ3n) is 14.6. The summed E-state index contributed by atoms with van der Waals surface area (Å²) >= 11 is 3.72. The molecular weight excluding hydrogens is 883 g/mol. The van der Waals surface area contributed by atoms with Crippen LogP contribution >= 0.6 is 22.7 Å². The van der Waals surface area contributed by atoms with Gasteiger partial charge in [-0.05, 0) is 146 Å². The highest BCUT2D eigenvalue weighted by Crippen LogP contribution is 2.56. The first-order chi connectivity index (χ1) is 34.7. The molecule has 0 radical (unpaired) electrons. The van der Waals surface area contributed by atoms with Crippen molar-refractivity contribution in [3.8, 4) is 44.5 Å². The lowest BCUT2D eigenvalue weighted by Gasteiger charge is -2.33. The minimum atomic E-state index is -0.418. The average Bonchev–Trinajstić information content (AvgIpc) is 4.10. The minimum Gasteiger partial charge on any atom is -0.311 e. The summed E-state index contributed by atoms with van der Waals surface area (Å²) in [5.74, 6) is 0. The van der Waals surface area contributed by atoms with Crippen molar-refractivity contribution < 1.29 is 0 Å². The largest absolute Gasteiger partial charge is 0.311 e. The summed E-state index contributed by atoms with van der Waals surface area (Å²) in [6, 6.07) is 96.7. The van der Waals surface area contributed by atoms with Gasteiger partial charge in [0.2, 0.25) is 0 Å². The van der Waals surface area contributed by atoms with E-state index in [0.29, 0.717) is 0 Å². The van der Waals surface area contributed by atoms with Gasteiger partial charge in [0.15, 0.2) is 0 Å². The van der Waals surface area contributed by atoms with Crippen LogP contribution in [0.5, 0.6) is 0 Å². The molecule has 11 aromatic carbocycles. The molecule has 0 N–H and O–H groups in total. The molecule has 328 valence electrons. The Hall–Kier alpha value is -8.34. The topological polar surface area (TPSA) is 3.24 Å². The van der Waals surface area contributed by atoms with E-state index in [4.69, 9.17) is 0 Å². The van der Waals surface area contributed by atoms with Crippen molar-refractivity contribution in [3.63, 3.8) is 0 Å². The number of benzene rings is 11. The second kappa shape index (κ2) is 16.4. The van der Waals surface area contributed by atoms with Crippen LogP contribution in [0.1, 0.15) is 22.3 Å². The predicted molar refractivity (Wildman–Crippen MR) is 301 cm³/mol. The molecule has 0 unspecified atom stereocenters. The van der Waals surface area contributed by atoms with E-state index in [-0.39, 0.29) is 0 Å². The summed E-state index contributed by atoms with van der Waals surface area (Å²) in [5.41, 5.74) is 17.9. The summed E-state index contributed by atoms with van der Waals surface area (Å²) < 4.78 is 5.29. The minimum absolute atomic E-state index is 0.418. The highest BCUT2D eigenvalue weighted by atomic mass is 32.1. The van der Waals surface area contributed by atoms with E-state index in [1.807, 2.05) is 22.7 Å². The maximum absolute atomic E-state index is 2.42. The first kappa shape index (κ1) is 40.7. The summed E-state index contributed by atoms with van der Waals surface area (Å²) in [5, 5.41) is 5.27. The fourth-order valence-corrected chi connectivity index (χ4v) is 13.5. The second-order valence-electron chi connectivity index (χ2n) is 18.4.